The van der Waals surface area contributed by atoms with E-state index in [4.69, 9.17) is 4.42 Å². The van der Waals surface area contributed by atoms with Gasteiger partial charge in [0.1, 0.15) is 5.01 Å². The molecule has 142 valence electrons. The van der Waals surface area contributed by atoms with Crippen LogP contribution in [0.25, 0.3) is 0 Å². The average Bonchev–Trinajstić information content (AvgIpc) is 3.39. The lowest BCUT2D eigenvalue weighted by molar-refractivity contribution is -0.113. The second kappa shape index (κ2) is 8.77. The normalized spacial score (nSPS) is 10.7. The summed E-state index contributed by atoms with van der Waals surface area (Å²) in [6.07, 6.45) is 1.44. The molecule has 0 spiro atoms. The van der Waals surface area contributed by atoms with E-state index >= 15 is 0 Å². The third-order valence-electron chi connectivity index (χ3n) is 3.37. The van der Waals surface area contributed by atoms with E-state index < -0.39 is 0 Å². The van der Waals surface area contributed by atoms with Gasteiger partial charge in [-0.15, -0.1) is 20.4 Å². The largest absolute Gasteiger partial charge is 0.459 e. The Kier molecular flexibility index (Phi) is 6.19. The maximum Gasteiger partial charge on any atom is 0.287 e. The van der Waals surface area contributed by atoms with Crippen LogP contribution in [0.1, 0.15) is 28.3 Å². The van der Waals surface area contributed by atoms with Crippen molar-refractivity contribution >= 4 is 40.0 Å². The number of hydrogen-bond acceptors (Lipinski definition) is 9. The number of anilines is 1. The summed E-state index contributed by atoms with van der Waals surface area (Å²) in [7, 11) is 0. The molecule has 3 rings (SSSR count). The van der Waals surface area contributed by atoms with E-state index in [1.165, 1.54) is 29.4 Å². The Hall–Kier alpha value is -2.73. The highest BCUT2D eigenvalue weighted by Crippen LogP contribution is 2.19. The van der Waals surface area contributed by atoms with Gasteiger partial charge >= 0.3 is 0 Å². The summed E-state index contributed by atoms with van der Waals surface area (Å²) in [5, 5.41) is 23.2. The summed E-state index contributed by atoms with van der Waals surface area (Å²) in [5.74, 6) is 0.465. The van der Waals surface area contributed by atoms with Crippen molar-refractivity contribution in [2.24, 2.45) is 0 Å². The molecule has 0 aromatic carbocycles. The number of nitrogens with zero attached hydrogens (tertiary/aromatic N) is 5. The molecule has 0 aliphatic rings. The zero-order valence-electron chi connectivity index (χ0n) is 14.6. The van der Waals surface area contributed by atoms with Gasteiger partial charge in [-0.25, -0.2) is 0 Å². The van der Waals surface area contributed by atoms with Crippen LogP contribution < -0.4 is 10.6 Å². The summed E-state index contributed by atoms with van der Waals surface area (Å²) >= 11 is 2.57. The molecule has 0 unspecified atom stereocenters. The van der Waals surface area contributed by atoms with Crippen LogP contribution in [0.15, 0.2) is 28.0 Å². The molecule has 0 radical (unpaired) electrons. The van der Waals surface area contributed by atoms with Gasteiger partial charge in [0.2, 0.25) is 11.0 Å². The standard InChI is InChI=1S/C15H17N7O3S2/c1-3-22-11(7-16-13(24)10-5-4-6-25-10)19-21-15(22)26-8-12(23)17-14-20-18-9(2)27-14/h4-6H,3,7-8H2,1-2H3,(H,16,24)(H,17,20,23). The van der Waals surface area contributed by atoms with Gasteiger partial charge in [0, 0.05) is 6.54 Å². The topological polar surface area (TPSA) is 128 Å². The average molecular weight is 407 g/mol. The molecule has 12 heteroatoms. The highest BCUT2D eigenvalue weighted by molar-refractivity contribution is 7.99. The monoisotopic (exact) mass is 407 g/mol. The first-order valence-electron chi connectivity index (χ1n) is 8.03. The van der Waals surface area contributed by atoms with Crippen LogP contribution in [-0.2, 0) is 17.9 Å². The van der Waals surface area contributed by atoms with Crippen LogP contribution in [-0.4, -0.2) is 42.5 Å². The molecule has 3 aromatic rings. The van der Waals surface area contributed by atoms with Gasteiger partial charge in [0.05, 0.1) is 18.6 Å². The maximum atomic E-state index is 12.0. The summed E-state index contributed by atoms with van der Waals surface area (Å²) in [4.78, 5) is 24.0. The van der Waals surface area contributed by atoms with Crippen molar-refractivity contribution < 1.29 is 14.0 Å². The Labute approximate surface area is 162 Å². The second-order valence-electron chi connectivity index (χ2n) is 5.27. The van der Waals surface area contributed by atoms with Gasteiger partial charge in [0.25, 0.3) is 5.91 Å². The Morgan fingerprint density at radius 3 is 2.81 bits per heavy atom. The van der Waals surface area contributed by atoms with E-state index in [0.717, 1.165) is 5.01 Å². The third kappa shape index (κ3) is 4.92. The lowest BCUT2D eigenvalue weighted by Gasteiger charge is -2.07. The second-order valence-corrected chi connectivity index (χ2v) is 7.39. The van der Waals surface area contributed by atoms with Crippen molar-refractivity contribution in [3.63, 3.8) is 0 Å². The molecule has 0 fully saturated rings. The van der Waals surface area contributed by atoms with Gasteiger partial charge in [-0.3, -0.25) is 14.9 Å². The number of hydrogen-bond donors (Lipinski definition) is 2. The summed E-state index contributed by atoms with van der Waals surface area (Å²) < 4.78 is 6.89. The summed E-state index contributed by atoms with van der Waals surface area (Å²) in [5.41, 5.74) is 0. The molecular weight excluding hydrogens is 390 g/mol. The van der Waals surface area contributed by atoms with Gasteiger partial charge in [0.15, 0.2) is 16.7 Å². The molecule has 3 aromatic heterocycles. The number of aromatic nitrogens is 5. The van der Waals surface area contributed by atoms with E-state index in [2.05, 4.69) is 31.0 Å². The molecule has 0 saturated carbocycles. The summed E-state index contributed by atoms with van der Waals surface area (Å²) in [6.45, 7) is 4.57. The molecule has 0 atom stereocenters. The van der Waals surface area contributed by atoms with Gasteiger partial charge in [-0.05, 0) is 26.0 Å². The molecule has 27 heavy (non-hydrogen) atoms. The van der Waals surface area contributed by atoms with E-state index in [1.54, 1.807) is 12.1 Å². The SMILES string of the molecule is CCn1c(CNC(=O)c2ccco2)nnc1SCC(=O)Nc1nnc(C)s1. The van der Waals surface area contributed by atoms with Gasteiger partial charge in [-0.2, -0.15) is 0 Å². The number of furan rings is 1. The summed E-state index contributed by atoms with van der Waals surface area (Å²) in [6, 6.07) is 3.23. The highest BCUT2D eigenvalue weighted by Gasteiger charge is 2.15. The Morgan fingerprint density at radius 1 is 1.30 bits per heavy atom. The van der Waals surface area contributed by atoms with Crippen LogP contribution in [0.2, 0.25) is 0 Å². The fourth-order valence-corrected chi connectivity index (χ4v) is 3.59. The smallest absolute Gasteiger partial charge is 0.287 e. The van der Waals surface area contributed by atoms with Crippen LogP contribution in [0.4, 0.5) is 5.13 Å². The number of carbonyl (C=O) groups excluding carboxylic acids is 2. The Morgan fingerprint density at radius 2 is 2.15 bits per heavy atom. The lowest BCUT2D eigenvalue weighted by atomic mass is 10.4. The molecule has 0 saturated heterocycles. The predicted octanol–water partition coefficient (Wildman–Crippen LogP) is 1.71. The van der Waals surface area contributed by atoms with Crippen molar-refractivity contribution in [2.45, 2.75) is 32.1 Å². The zero-order valence-corrected chi connectivity index (χ0v) is 16.3. The molecule has 0 aliphatic carbocycles. The van der Waals surface area contributed by atoms with Crippen LogP contribution in [0.3, 0.4) is 0 Å². The molecule has 10 nitrogen and oxygen atoms in total. The van der Waals surface area contributed by atoms with Crippen molar-refractivity contribution in [1.29, 1.82) is 0 Å². The molecule has 0 bridgehead atoms. The van der Waals surface area contributed by atoms with Crippen molar-refractivity contribution in [3.8, 4) is 0 Å². The first-order valence-corrected chi connectivity index (χ1v) is 9.83. The maximum absolute atomic E-state index is 12.0. The Balaban J connectivity index is 1.55. The molecule has 2 amide bonds. The fourth-order valence-electron chi connectivity index (χ4n) is 2.16. The minimum absolute atomic E-state index is 0.162. The first-order chi connectivity index (χ1) is 13.1. The molecule has 0 aliphatic heterocycles. The number of thioether (sulfide) groups is 1. The van der Waals surface area contributed by atoms with Crippen molar-refractivity contribution in [2.75, 3.05) is 11.1 Å². The molecular formula is C15H17N7O3S2. The number of aryl methyl sites for hydroxylation is 1. The first kappa shape index (κ1) is 19.0. The number of carbonyl (C=O) groups is 2. The van der Waals surface area contributed by atoms with Crippen LogP contribution >= 0.6 is 23.1 Å². The van der Waals surface area contributed by atoms with E-state index in [9.17, 15) is 9.59 Å². The number of rotatable bonds is 8. The van der Waals surface area contributed by atoms with Gasteiger partial charge < -0.3 is 14.3 Å². The van der Waals surface area contributed by atoms with Gasteiger partial charge in [-0.1, -0.05) is 23.1 Å². The van der Waals surface area contributed by atoms with Crippen LogP contribution in [0.5, 0.6) is 0 Å². The van der Waals surface area contributed by atoms with E-state index in [0.29, 0.717) is 22.7 Å². The highest BCUT2D eigenvalue weighted by atomic mass is 32.2. The third-order valence-corrected chi connectivity index (χ3v) is 5.09. The zero-order chi connectivity index (χ0) is 19.2. The van der Waals surface area contributed by atoms with Crippen molar-refractivity contribution in [3.05, 3.63) is 35.0 Å². The number of nitrogens with one attached hydrogen (secondary N) is 2. The minimum Gasteiger partial charge on any atom is -0.459 e. The quantitative estimate of drug-likeness (QED) is 0.540. The van der Waals surface area contributed by atoms with Crippen molar-refractivity contribution in [1.82, 2.24) is 30.3 Å². The molecule has 3 heterocycles. The Bertz CT molecular complexity index is 920. The van der Waals surface area contributed by atoms with E-state index in [-0.39, 0.29) is 29.9 Å². The minimum atomic E-state index is -0.327. The number of amides is 2. The lowest BCUT2D eigenvalue weighted by Crippen LogP contribution is -2.24. The predicted molar refractivity (Wildman–Crippen MR) is 99.6 cm³/mol. The van der Waals surface area contributed by atoms with Crippen LogP contribution in [0, 0.1) is 6.92 Å². The fraction of sp³-hybridized carbons (Fsp3) is 0.333. The molecule has 2 N–H and O–H groups in total. The van der Waals surface area contributed by atoms with E-state index in [1.807, 2.05) is 18.4 Å².